The predicted molar refractivity (Wildman–Crippen MR) is 253 cm³/mol. The molecule has 0 radical (unpaired) electrons. The van der Waals surface area contributed by atoms with Gasteiger partial charge in [-0.05, 0) is 98.6 Å². The maximum atomic E-state index is 5.22. The van der Waals surface area contributed by atoms with Gasteiger partial charge in [-0.2, -0.15) is 0 Å². The molecular formula is C57H39N3. The van der Waals surface area contributed by atoms with Crippen molar-refractivity contribution in [3.8, 4) is 50.5 Å². The Morgan fingerprint density at radius 1 is 0.350 bits per heavy atom. The Morgan fingerprint density at radius 2 is 0.867 bits per heavy atom. The van der Waals surface area contributed by atoms with Crippen LogP contribution in [0.25, 0.3) is 83.0 Å². The number of fused-ring (bicyclic) bond motifs is 4. The summed E-state index contributed by atoms with van der Waals surface area (Å²) < 4.78 is 2.30. The summed E-state index contributed by atoms with van der Waals surface area (Å²) in [4.78, 5) is 7.62. The summed E-state index contributed by atoms with van der Waals surface area (Å²) in [6, 6.07) is 84.7. The van der Waals surface area contributed by atoms with Crippen molar-refractivity contribution in [2.45, 2.75) is 0 Å². The van der Waals surface area contributed by atoms with Crippen LogP contribution in [-0.2, 0) is 0 Å². The third-order valence-electron chi connectivity index (χ3n) is 11.6. The Bertz CT molecular complexity index is 3280. The molecule has 0 aliphatic carbocycles. The van der Waals surface area contributed by atoms with E-state index in [9.17, 15) is 0 Å². The standard InChI is InChI=1S/C57H39N3/c1-4-16-40(17-5-1)41-30-34-48(35-31-41)59(55-39-46-20-10-11-25-50(46)52-26-12-13-27-53(52)55)49-36-32-42(33-37-49)44-21-14-22-45(38-44)51-28-15-29-54-56(51)60(47-23-8-3-9-24-47)57(58-54)43-18-6-2-7-19-43/h1-39H. The van der Waals surface area contributed by atoms with Crippen molar-refractivity contribution in [1.29, 1.82) is 0 Å². The number of hydrogen-bond acceptors (Lipinski definition) is 2. The molecule has 60 heavy (non-hydrogen) atoms. The van der Waals surface area contributed by atoms with E-state index >= 15 is 0 Å². The monoisotopic (exact) mass is 765 g/mol. The zero-order valence-electron chi connectivity index (χ0n) is 32.9. The molecule has 0 aliphatic rings. The molecule has 0 spiro atoms. The molecule has 0 saturated heterocycles. The molecule has 0 atom stereocenters. The Kier molecular flexibility index (Phi) is 8.83. The summed E-state index contributed by atoms with van der Waals surface area (Å²) >= 11 is 0. The average molecular weight is 766 g/mol. The minimum absolute atomic E-state index is 0.925. The van der Waals surface area contributed by atoms with Crippen LogP contribution < -0.4 is 4.90 Å². The van der Waals surface area contributed by atoms with Crippen LogP contribution in [-0.4, -0.2) is 9.55 Å². The van der Waals surface area contributed by atoms with Gasteiger partial charge in [0.05, 0.1) is 16.7 Å². The van der Waals surface area contributed by atoms with Gasteiger partial charge in [0.15, 0.2) is 0 Å². The highest BCUT2D eigenvalue weighted by atomic mass is 15.1. The Balaban J connectivity index is 1.02. The number of rotatable bonds is 8. The minimum Gasteiger partial charge on any atom is -0.310 e. The normalized spacial score (nSPS) is 11.3. The Morgan fingerprint density at radius 3 is 1.57 bits per heavy atom. The van der Waals surface area contributed by atoms with Crippen molar-refractivity contribution in [1.82, 2.24) is 9.55 Å². The molecular weight excluding hydrogens is 727 g/mol. The fraction of sp³-hybridized carbons (Fsp3) is 0. The van der Waals surface area contributed by atoms with Gasteiger partial charge in [-0.15, -0.1) is 0 Å². The number of benzene rings is 10. The first-order chi connectivity index (χ1) is 29.8. The predicted octanol–water partition coefficient (Wildman–Crippen LogP) is 15.5. The molecule has 0 saturated carbocycles. The molecule has 10 aromatic carbocycles. The second kappa shape index (κ2) is 15.1. The second-order valence-corrected chi connectivity index (χ2v) is 15.2. The summed E-state index contributed by atoms with van der Waals surface area (Å²) in [5, 5.41) is 4.92. The van der Waals surface area contributed by atoms with Crippen molar-refractivity contribution in [3.63, 3.8) is 0 Å². The van der Waals surface area contributed by atoms with Gasteiger partial charge in [-0.1, -0.05) is 182 Å². The number of aromatic nitrogens is 2. The van der Waals surface area contributed by atoms with Gasteiger partial charge in [-0.3, -0.25) is 4.57 Å². The van der Waals surface area contributed by atoms with Gasteiger partial charge in [0.2, 0.25) is 0 Å². The van der Waals surface area contributed by atoms with Gasteiger partial charge in [-0.25, -0.2) is 4.98 Å². The third kappa shape index (κ3) is 6.30. The zero-order chi connectivity index (χ0) is 39.8. The lowest BCUT2D eigenvalue weighted by atomic mass is 9.97. The van der Waals surface area contributed by atoms with Crippen LogP contribution in [0.4, 0.5) is 17.1 Å². The van der Waals surface area contributed by atoms with E-state index < -0.39 is 0 Å². The van der Waals surface area contributed by atoms with Crippen LogP contribution in [0.15, 0.2) is 237 Å². The molecule has 1 aromatic heterocycles. The second-order valence-electron chi connectivity index (χ2n) is 15.2. The quantitative estimate of drug-likeness (QED) is 0.144. The molecule has 0 aliphatic heterocycles. The van der Waals surface area contributed by atoms with Crippen LogP contribution in [0, 0.1) is 0 Å². The molecule has 0 unspecified atom stereocenters. The van der Waals surface area contributed by atoms with E-state index in [0.717, 1.165) is 67.4 Å². The van der Waals surface area contributed by atoms with E-state index in [1.165, 1.54) is 32.7 Å². The maximum absolute atomic E-state index is 5.22. The molecule has 0 N–H and O–H groups in total. The van der Waals surface area contributed by atoms with E-state index in [-0.39, 0.29) is 0 Å². The van der Waals surface area contributed by atoms with Crippen LogP contribution in [0.3, 0.4) is 0 Å². The van der Waals surface area contributed by atoms with Crippen LogP contribution in [0.1, 0.15) is 0 Å². The van der Waals surface area contributed by atoms with Crippen molar-refractivity contribution in [2.75, 3.05) is 4.90 Å². The smallest absolute Gasteiger partial charge is 0.145 e. The third-order valence-corrected chi connectivity index (χ3v) is 11.6. The molecule has 0 bridgehead atoms. The topological polar surface area (TPSA) is 21.1 Å². The highest BCUT2D eigenvalue weighted by molar-refractivity contribution is 6.14. The lowest BCUT2D eigenvalue weighted by molar-refractivity contribution is 1.10. The average Bonchev–Trinajstić information content (AvgIpc) is 3.73. The van der Waals surface area contributed by atoms with Gasteiger partial charge in [0.25, 0.3) is 0 Å². The van der Waals surface area contributed by atoms with Gasteiger partial charge >= 0.3 is 0 Å². The summed E-state index contributed by atoms with van der Waals surface area (Å²) in [6.07, 6.45) is 0. The number of anilines is 3. The fourth-order valence-electron chi connectivity index (χ4n) is 8.72. The van der Waals surface area contributed by atoms with Gasteiger partial charge < -0.3 is 4.90 Å². The minimum atomic E-state index is 0.925. The first-order valence-corrected chi connectivity index (χ1v) is 20.5. The SMILES string of the molecule is c1ccc(-c2ccc(N(c3ccc(-c4cccc(-c5cccc6nc(-c7ccccc7)n(-c7ccccc7)c56)c4)cc3)c3cc4ccccc4c4ccccc34)cc2)cc1. The summed E-state index contributed by atoms with van der Waals surface area (Å²) in [7, 11) is 0. The molecule has 1 heterocycles. The first-order valence-electron chi connectivity index (χ1n) is 20.5. The maximum Gasteiger partial charge on any atom is 0.145 e. The van der Waals surface area contributed by atoms with Crippen molar-refractivity contribution < 1.29 is 0 Å². The lowest BCUT2D eigenvalue weighted by Crippen LogP contribution is -2.10. The molecule has 282 valence electrons. The van der Waals surface area contributed by atoms with Crippen molar-refractivity contribution in [3.05, 3.63) is 237 Å². The highest BCUT2D eigenvalue weighted by Gasteiger charge is 2.20. The van der Waals surface area contributed by atoms with E-state index in [1.54, 1.807) is 0 Å². The van der Waals surface area contributed by atoms with Gasteiger partial charge in [0, 0.05) is 33.6 Å². The zero-order valence-corrected chi connectivity index (χ0v) is 32.9. The van der Waals surface area contributed by atoms with E-state index in [1.807, 2.05) is 0 Å². The molecule has 3 nitrogen and oxygen atoms in total. The number of imidazole rings is 1. The molecule has 11 rings (SSSR count). The molecule has 0 fully saturated rings. The summed E-state index contributed by atoms with van der Waals surface area (Å²) in [5.41, 5.74) is 14.5. The number of hydrogen-bond donors (Lipinski definition) is 0. The summed E-state index contributed by atoms with van der Waals surface area (Å²) in [5.74, 6) is 0.925. The summed E-state index contributed by atoms with van der Waals surface area (Å²) in [6.45, 7) is 0. The molecule has 3 heteroatoms. The van der Waals surface area contributed by atoms with Crippen LogP contribution >= 0.6 is 0 Å². The molecule has 11 aromatic rings. The first kappa shape index (κ1) is 35.2. The lowest BCUT2D eigenvalue weighted by Gasteiger charge is -2.28. The Hall–Kier alpha value is -8.01. The van der Waals surface area contributed by atoms with Crippen LogP contribution in [0.5, 0.6) is 0 Å². The fourth-order valence-corrected chi connectivity index (χ4v) is 8.72. The van der Waals surface area contributed by atoms with Crippen molar-refractivity contribution in [2.24, 2.45) is 0 Å². The largest absolute Gasteiger partial charge is 0.310 e. The van der Waals surface area contributed by atoms with Crippen LogP contribution in [0.2, 0.25) is 0 Å². The number of nitrogens with zero attached hydrogens (tertiary/aromatic N) is 3. The van der Waals surface area contributed by atoms with E-state index in [0.29, 0.717) is 0 Å². The molecule has 0 amide bonds. The highest BCUT2D eigenvalue weighted by Crippen LogP contribution is 2.43. The van der Waals surface area contributed by atoms with Crippen molar-refractivity contribution >= 4 is 49.6 Å². The van der Waals surface area contributed by atoms with E-state index in [2.05, 4.69) is 246 Å². The Labute approximate surface area is 349 Å². The van der Waals surface area contributed by atoms with E-state index in [4.69, 9.17) is 4.98 Å². The number of para-hydroxylation sites is 2. The van der Waals surface area contributed by atoms with Gasteiger partial charge in [0.1, 0.15) is 5.82 Å².